The summed E-state index contributed by atoms with van der Waals surface area (Å²) in [5.41, 5.74) is 4.32. The number of ether oxygens (including phenoxy) is 1. The summed E-state index contributed by atoms with van der Waals surface area (Å²) in [5.74, 6) is 0.959. The topological polar surface area (TPSA) is 9.23 Å². The third-order valence-electron chi connectivity index (χ3n) is 3.92. The van der Waals surface area contributed by atoms with E-state index in [2.05, 4.69) is 64.1 Å². The van der Waals surface area contributed by atoms with Crippen LogP contribution in [0.3, 0.4) is 0 Å². The molecule has 0 radical (unpaired) electrons. The molecule has 0 amide bonds. The fraction of sp³-hybridized carbons (Fsp3) is 0.500. The van der Waals surface area contributed by atoms with Crippen molar-refractivity contribution in [3.63, 3.8) is 0 Å². The third kappa shape index (κ3) is 7.17. The molecule has 0 fully saturated rings. The van der Waals surface area contributed by atoms with Crippen molar-refractivity contribution >= 4 is 0 Å². The van der Waals surface area contributed by atoms with Crippen LogP contribution < -0.4 is 4.74 Å². The zero-order chi connectivity index (χ0) is 15.5. The Balaban J connectivity index is 2.41. The van der Waals surface area contributed by atoms with Crippen LogP contribution in [-0.2, 0) is 6.42 Å². The number of hydrogen-bond donors (Lipinski definition) is 0. The molecule has 1 nitrogen and oxygen atoms in total. The number of benzene rings is 1. The SMILES string of the molecule is CCC(C)=CCCC(=CCOc1ccc(CC)cc1)CC. The molecule has 0 heterocycles. The highest BCUT2D eigenvalue weighted by molar-refractivity contribution is 5.27. The summed E-state index contributed by atoms with van der Waals surface area (Å²) in [4.78, 5) is 0. The summed E-state index contributed by atoms with van der Waals surface area (Å²) in [7, 11) is 0. The van der Waals surface area contributed by atoms with Crippen molar-refractivity contribution in [3.05, 3.63) is 53.1 Å². The van der Waals surface area contributed by atoms with Crippen molar-refractivity contribution in [1.29, 1.82) is 0 Å². The molecule has 0 unspecified atom stereocenters. The molecule has 1 aromatic rings. The molecule has 0 aliphatic carbocycles. The van der Waals surface area contributed by atoms with E-state index in [1.165, 1.54) is 16.7 Å². The molecule has 0 saturated carbocycles. The van der Waals surface area contributed by atoms with E-state index in [4.69, 9.17) is 4.74 Å². The maximum Gasteiger partial charge on any atom is 0.119 e. The first-order valence-electron chi connectivity index (χ1n) is 8.24. The number of aryl methyl sites for hydroxylation is 1. The average molecular weight is 286 g/mol. The normalized spacial score (nSPS) is 12.6. The van der Waals surface area contributed by atoms with Crippen LogP contribution in [-0.4, -0.2) is 6.61 Å². The van der Waals surface area contributed by atoms with E-state index in [-0.39, 0.29) is 0 Å². The number of rotatable bonds is 9. The third-order valence-corrected chi connectivity index (χ3v) is 3.92. The zero-order valence-corrected chi connectivity index (χ0v) is 14.1. The van der Waals surface area contributed by atoms with Crippen molar-refractivity contribution < 1.29 is 4.74 Å². The summed E-state index contributed by atoms with van der Waals surface area (Å²) < 4.78 is 5.79. The minimum Gasteiger partial charge on any atom is -0.490 e. The Morgan fingerprint density at radius 3 is 2.29 bits per heavy atom. The van der Waals surface area contributed by atoms with Crippen molar-refractivity contribution in [2.24, 2.45) is 0 Å². The van der Waals surface area contributed by atoms with Crippen LogP contribution in [0.5, 0.6) is 5.75 Å². The van der Waals surface area contributed by atoms with Crippen LogP contribution in [0.2, 0.25) is 0 Å². The second-order valence-corrected chi connectivity index (χ2v) is 5.47. The van der Waals surface area contributed by atoms with Crippen LogP contribution in [0.25, 0.3) is 0 Å². The Kier molecular flexibility index (Phi) is 8.57. The molecule has 0 spiro atoms. The quantitative estimate of drug-likeness (QED) is 0.498. The van der Waals surface area contributed by atoms with E-state index in [0.717, 1.165) is 37.9 Å². The van der Waals surface area contributed by atoms with Gasteiger partial charge in [0.15, 0.2) is 0 Å². The lowest BCUT2D eigenvalue weighted by atomic mass is 10.1. The van der Waals surface area contributed by atoms with Gasteiger partial charge in [-0.2, -0.15) is 0 Å². The monoisotopic (exact) mass is 286 g/mol. The molecule has 0 atom stereocenters. The van der Waals surface area contributed by atoms with Gasteiger partial charge in [0.25, 0.3) is 0 Å². The predicted octanol–water partition coefficient (Wildman–Crippen LogP) is 6.10. The van der Waals surface area contributed by atoms with Gasteiger partial charge in [-0.1, -0.05) is 50.1 Å². The minimum absolute atomic E-state index is 0.672. The first-order valence-corrected chi connectivity index (χ1v) is 8.24. The Bertz CT molecular complexity index is 451. The molecule has 1 rings (SSSR count). The van der Waals surface area contributed by atoms with E-state index < -0.39 is 0 Å². The number of hydrogen-bond acceptors (Lipinski definition) is 1. The van der Waals surface area contributed by atoms with Crippen LogP contribution in [0, 0.1) is 0 Å². The van der Waals surface area contributed by atoms with Gasteiger partial charge in [-0.15, -0.1) is 0 Å². The highest BCUT2D eigenvalue weighted by atomic mass is 16.5. The molecule has 116 valence electrons. The summed E-state index contributed by atoms with van der Waals surface area (Å²) in [5, 5.41) is 0. The Labute approximate surface area is 130 Å². The molecular weight excluding hydrogens is 256 g/mol. The van der Waals surface area contributed by atoms with Crippen molar-refractivity contribution in [3.8, 4) is 5.75 Å². The van der Waals surface area contributed by atoms with E-state index in [1.807, 2.05) is 0 Å². The van der Waals surface area contributed by atoms with Gasteiger partial charge < -0.3 is 4.74 Å². The van der Waals surface area contributed by atoms with Crippen molar-refractivity contribution in [1.82, 2.24) is 0 Å². The van der Waals surface area contributed by atoms with Crippen molar-refractivity contribution in [2.75, 3.05) is 6.61 Å². The molecule has 0 aliphatic rings. The Morgan fingerprint density at radius 2 is 1.71 bits per heavy atom. The Hall–Kier alpha value is -1.50. The first-order chi connectivity index (χ1) is 10.2. The average Bonchev–Trinajstić information content (AvgIpc) is 2.53. The molecule has 0 N–H and O–H groups in total. The van der Waals surface area contributed by atoms with E-state index >= 15 is 0 Å². The largest absolute Gasteiger partial charge is 0.490 e. The zero-order valence-electron chi connectivity index (χ0n) is 14.1. The van der Waals surface area contributed by atoms with E-state index in [9.17, 15) is 0 Å². The second-order valence-electron chi connectivity index (χ2n) is 5.47. The molecule has 0 bridgehead atoms. The molecular formula is C20H30O. The second kappa shape index (κ2) is 10.3. The van der Waals surface area contributed by atoms with Crippen LogP contribution >= 0.6 is 0 Å². The summed E-state index contributed by atoms with van der Waals surface area (Å²) in [6.07, 6.45) is 10.2. The highest BCUT2D eigenvalue weighted by Gasteiger charge is 1.96. The Morgan fingerprint density at radius 1 is 1.00 bits per heavy atom. The first kappa shape index (κ1) is 17.6. The molecule has 1 aromatic carbocycles. The van der Waals surface area contributed by atoms with Gasteiger partial charge in [-0.05, 0) is 62.8 Å². The lowest BCUT2D eigenvalue weighted by molar-refractivity contribution is 0.361. The summed E-state index contributed by atoms with van der Waals surface area (Å²) in [6.45, 7) is 9.47. The molecule has 0 aromatic heterocycles. The van der Waals surface area contributed by atoms with Crippen LogP contribution in [0.15, 0.2) is 47.6 Å². The van der Waals surface area contributed by atoms with Gasteiger partial charge in [0.1, 0.15) is 12.4 Å². The van der Waals surface area contributed by atoms with Gasteiger partial charge >= 0.3 is 0 Å². The minimum atomic E-state index is 0.672. The van der Waals surface area contributed by atoms with Crippen LogP contribution in [0.4, 0.5) is 0 Å². The van der Waals surface area contributed by atoms with Gasteiger partial charge in [-0.25, -0.2) is 0 Å². The maximum atomic E-state index is 5.79. The van der Waals surface area contributed by atoms with Gasteiger partial charge in [0, 0.05) is 0 Å². The highest BCUT2D eigenvalue weighted by Crippen LogP contribution is 2.15. The smallest absolute Gasteiger partial charge is 0.119 e. The lowest BCUT2D eigenvalue weighted by Gasteiger charge is -2.07. The van der Waals surface area contributed by atoms with Crippen molar-refractivity contribution in [2.45, 2.75) is 59.8 Å². The lowest BCUT2D eigenvalue weighted by Crippen LogP contribution is -1.96. The molecule has 0 aliphatic heterocycles. The fourth-order valence-corrected chi connectivity index (χ4v) is 2.15. The maximum absolute atomic E-state index is 5.79. The molecule has 1 heteroatoms. The van der Waals surface area contributed by atoms with Crippen LogP contribution in [0.1, 0.15) is 58.9 Å². The predicted molar refractivity (Wildman–Crippen MR) is 93.0 cm³/mol. The van der Waals surface area contributed by atoms with E-state index in [0.29, 0.717) is 6.61 Å². The van der Waals surface area contributed by atoms with Gasteiger partial charge in [-0.3, -0.25) is 0 Å². The fourth-order valence-electron chi connectivity index (χ4n) is 2.15. The standard InChI is InChI=1S/C20H30O/c1-5-17(4)9-8-10-18(6-2)15-16-21-20-13-11-19(7-3)12-14-20/h9,11-15H,5-8,10,16H2,1-4H3. The van der Waals surface area contributed by atoms with Gasteiger partial charge in [0.2, 0.25) is 0 Å². The van der Waals surface area contributed by atoms with Gasteiger partial charge in [0.05, 0.1) is 0 Å². The molecule has 21 heavy (non-hydrogen) atoms. The number of allylic oxidation sites excluding steroid dienone is 3. The summed E-state index contributed by atoms with van der Waals surface area (Å²) in [6, 6.07) is 8.40. The molecule has 0 saturated heterocycles. The summed E-state index contributed by atoms with van der Waals surface area (Å²) >= 11 is 0. The van der Waals surface area contributed by atoms with E-state index in [1.54, 1.807) is 0 Å².